The molecule has 3 aromatic carbocycles. The predicted molar refractivity (Wildman–Crippen MR) is 145 cm³/mol. The number of rotatable bonds is 7. The van der Waals surface area contributed by atoms with Gasteiger partial charge in [-0.1, -0.05) is 30.3 Å². The average molecular weight is 595 g/mol. The monoisotopic (exact) mass is 595 g/mol. The number of halogens is 6. The van der Waals surface area contributed by atoms with Gasteiger partial charge >= 0.3 is 19.8 Å². The zero-order valence-electron chi connectivity index (χ0n) is 22.5. The summed E-state index contributed by atoms with van der Waals surface area (Å²) in [6.45, 7) is 4.41. The number of fused-ring (bicyclic) bond motifs is 1. The molecule has 1 fully saturated rings. The lowest BCUT2D eigenvalue weighted by Gasteiger charge is -2.19. The lowest BCUT2D eigenvalue weighted by molar-refractivity contribution is -0.275. The Morgan fingerprint density at radius 1 is 0.833 bits per heavy atom. The lowest BCUT2D eigenvalue weighted by atomic mass is 9.80. The number of ether oxygens (including phenoxy) is 2. The van der Waals surface area contributed by atoms with Crippen LogP contribution in [0.25, 0.3) is 22.1 Å². The molecular weight excluding hydrogens is 567 g/mol. The Labute approximate surface area is 238 Å². The van der Waals surface area contributed by atoms with Crippen molar-refractivity contribution in [2.24, 2.45) is 0 Å². The minimum Gasteiger partial charge on any atom is -0.461 e. The van der Waals surface area contributed by atoms with Gasteiger partial charge in [0.25, 0.3) is 0 Å². The van der Waals surface area contributed by atoms with Gasteiger partial charge < -0.3 is 28.8 Å². The summed E-state index contributed by atoms with van der Waals surface area (Å²) in [5.74, 6) is 0.334. The minimum absolute atomic E-state index is 0.0968. The number of likely N-dealkylation sites (tertiary alicyclic amines) is 1. The second kappa shape index (κ2) is 13.1. The third-order valence-electron chi connectivity index (χ3n) is 6.74. The maximum absolute atomic E-state index is 12.3. The van der Waals surface area contributed by atoms with Gasteiger partial charge in [0.1, 0.15) is 22.8 Å². The molecule has 4 aromatic rings. The quantitative estimate of drug-likeness (QED) is 0.193. The van der Waals surface area contributed by atoms with E-state index in [1.165, 1.54) is 25.0 Å². The van der Waals surface area contributed by atoms with Crippen molar-refractivity contribution in [3.05, 3.63) is 78.6 Å². The maximum atomic E-state index is 12.3. The Morgan fingerprint density at radius 2 is 1.40 bits per heavy atom. The van der Waals surface area contributed by atoms with Crippen molar-refractivity contribution in [1.29, 1.82) is 0 Å². The summed E-state index contributed by atoms with van der Waals surface area (Å²) in [4.78, 5) is 2.49. The van der Waals surface area contributed by atoms with E-state index >= 15 is 0 Å². The van der Waals surface area contributed by atoms with Gasteiger partial charge in [0.2, 0.25) is 0 Å². The first-order chi connectivity index (χ1) is 19.8. The summed E-state index contributed by atoms with van der Waals surface area (Å²) >= 11 is 0. The fraction of sp³-hybridized carbons (Fsp3) is 0.310. The third-order valence-corrected chi connectivity index (χ3v) is 6.74. The van der Waals surface area contributed by atoms with Crippen molar-refractivity contribution < 1.29 is 50.3 Å². The van der Waals surface area contributed by atoms with Gasteiger partial charge in [0.05, 0.1) is 0 Å². The first-order valence-electron chi connectivity index (χ1n) is 13.1. The largest absolute Gasteiger partial charge is 0.573 e. The fourth-order valence-corrected chi connectivity index (χ4v) is 4.67. The fourth-order valence-electron chi connectivity index (χ4n) is 4.67. The summed E-state index contributed by atoms with van der Waals surface area (Å²) < 4.78 is 85.4. The molecule has 1 saturated heterocycles. The summed E-state index contributed by atoms with van der Waals surface area (Å²) in [5, 5.41) is 18.3. The molecule has 1 aliphatic rings. The smallest absolute Gasteiger partial charge is 0.461 e. The van der Waals surface area contributed by atoms with E-state index in [1.807, 2.05) is 18.2 Å². The highest BCUT2D eigenvalue weighted by atomic mass is 19.4. The minimum atomic E-state index is -4.74. The summed E-state index contributed by atoms with van der Waals surface area (Å²) in [7, 11) is -1.70. The SMILES string of the molecule is C[C@@H]1CCCN1CCc1cc2cc(-c3ccc(OC(F)(F)F)cc3)ccc2o1.OB(O)c1ccc(OC(F)(F)F)cc1. The highest BCUT2D eigenvalue weighted by molar-refractivity contribution is 6.58. The molecule has 0 aliphatic carbocycles. The molecule has 0 bridgehead atoms. The Bertz CT molecular complexity index is 1440. The van der Waals surface area contributed by atoms with Crippen LogP contribution in [0.5, 0.6) is 11.5 Å². The van der Waals surface area contributed by atoms with Crippen LogP contribution in [0, 0.1) is 0 Å². The highest BCUT2D eigenvalue weighted by Crippen LogP contribution is 2.30. The predicted octanol–water partition coefficient (Wildman–Crippen LogP) is 6.29. The molecule has 1 atom stereocenters. The van der Waals surface area contributed by atoms with Gasteiger partial charge in [-0.3, -0.25) is 0 Å². The second-order valence-corrected chi connectivity index (χ2v) is 9.81. The lowest BCUT2D eigenvalue weighted by Crippen LogP contribution is -2.29. The normalized spacial score (nSPS) is 15.8. The summed E-state index contributed by atoms with van der Waals surface area (Å²) in [6.07, 6.45) is -6.02. The molecule has 0 unspecified atom stereocenters. The number of hydrogen-bond donors (Lipinski definition) is 2. The summed E-state index contributed by atoms with van der Waals surface area (Å²) in [5.41, 5.74) is 2.67. The van der Waals surface area contributed by atoms with Crippen LogP contribution >= 0.6 is 0 Å². The molecule has 224 valence electrons. The standard InChI is InChI=1S/C22H22F3NO2.C7H6BF3O3/c1-15-3-2-11-26(15)12-10-20-14-18-13-17(6-9-21(18)27-20)16-4-7-19(8-5-16)28-22(23,24)25;9-7(10,11)14-6-3-1-5(2-4-6)8(12)13/h4-9,13-15H,2-3,10-12H2,1H3;1-4,12-13H/t15-;/m1./s1. The molecule has 42 heavy (non-hydrogen) atoms. The van der Waals surface area contributed by atoms with Crippen LogP contribution in [0.1, 0.15) is 25.5 Å². The molecule has 0 amide bonds. The van der Waals surface area contributed by atoms with Crippen molar-refractivity contribution >= 4 is 23.6 Å². The van der Waals surface area contributed by atoms with E-state index in [1.54, 1.807) is 12.1 Å². The van der Waals surface area contributed by atoms with Crippen LogP contribution in [-0.2, 0) is 6.42 Å². The number of hydrogen-bond acceptors (Lipinski definition) is 6. The second-order valence-electron chi connectivity index (χ2n) is 9.81. The van der Waals surface area contributed by atoms with Gasteiger partial charge in [-0.25, -0.2) is 0 Å². The number of nitrogens with zero attached hydrogens (tertiary/aromatic N) is 1. The highest BCUT2D eigenvalue weighted by Gasteiger charge is 2.31. The Morgan fingerprint density at radius 3 is 1.93 bits per heavy atom. The molecule has 5 rings (SSSR count). The Kier molecular flexibility index (Phi) is 9.75. The van der Waals surface area contributed by atoms with Crippen molar-refractivity contribution in [2.45, 2.75) is 45.0 Å². The Balaban J connectivity index is 0.000000244. The van der Waals surface area contributed by atoms with Crippen LogP contribution in [0.3, 0.4) is 0 Å². The maximum Gasteiger partial charge on any atom is 0.573 e. The summed E-state index contributed by atoms with van der Waals surface area (Å²) in [6, 6.07) is 18.7. The molecule has 2 heterocycles. The molecule has 1 aromatic heterocycles. The van der Waals surface area contributed by atoms with Crippen molar-refractivity contribution in [1.82, 2.24) is 4.90 Å². The Hall–Kier alpha value is -3.68. The van der Waals surface area contributed by atoms with E-state index in [0.717, 1.165) is 71.6 Å². The van der Waals surface area contributed by atoms with Gasteiger partial charge in [0, 0.05) is 24.4 Å². The van der Waals surface area contributed by atoms with E-state index in [0.29, 0.717) is 6.04 Å². The molecule has 0 saturated carbocycles. The van der Waals surface area contributed by atoms with Crippen LogP contribution in [0.4, 0.5) is 26.3 Å². The van der Waals surface area contributed by atoms with Crippen LogP contribution in [0.2, 0.25) is 0 Å². The van der Waals surface area contributed by atoms with Crippen molar-refractivity contribution in [3.8, 4) is 22.6 Å². The molecule has 2 N–H and O–H groups in total. The average Bonchev–Trinajstić information content (AvgIpc) is 3.51. The van der Waals surface area contributed by atoms with E-state index < -0.39 is 25.6 Å². The van der Waals surface area contributed by atoms with Gasteiger partial charge in [0.15, 0.2) is 0 Å². The first kappa shape index (κ1) is 31.3. The van der Waals surface area contributed by atoms with Crippen LogP contribution in [0.15, 0.2) is 77.2 Å². The molecule has 13 heteroatoms. The topological polar surface area (TPSA) is 75.3 Å². The van der Waals surface area contributed by atoms with E-state index in [9.17, 15) is 26.3 Å². The van der Waals surface area contributed by atoms with Crippen molar-refractivity contribution in [2.75, 3.05) is 13.1 Å². The van der Waals surface area contributed by atoms with E-state index in [2.05, 4.69) is 27.4 Å². The van der Waals surface area contributed by atoms with Crippen LogP contribution < -0.4 is 14.9 Å². The first-order valence-corrected chi connectivity index (χ1v) is 13.1. The van der Waals surface area contributed by atoms with E-state index in [4.69, 9.17) is 14.5 Å². The number of benzene rings is 3. The molecule has 6 nitrogen and oxygen atoms in total. The molecule has 0 spiro atoms. The van der Waals surface area contributed by atoms with Crippen molar-refractivity contribution in [3.63, 3.8) is 0 Å². The molecule has 1 aliphatic heterocycles. The molecular formula is C29H28BF6NO5. The van der Waals surface area contributed by atoms with E-state index in [-0.39, 0.29) is 11.2 Å². The number of furan rings is 1. The molecule has 0 radical (unpaired) electrons. The van der Waals surface area contributed by atoms with Gasteiger partial charge in [-0.15, -0.1) is 26.3 Å². The van der Waals surface area contributed by atoms with Gasteiger partial charge in [-0.2, -0.15) is 0 Å². The van der Waals surface area contributed by atoms with Gasteiger partial charge in [-0.05, 0) is 85.4 Å². The number of alkyl halides is 6. The van der Waals surface area contributed by atoms with Crippen LogP contribution in [-0.4, -0.2) is 53.9 Å². The third kappa shape index (κ3) is 9.17. The zero-order chi connectivity index (χ0) is 30.5. The zero-order valence-corrected chi connectivity index (χ0v) is 22.5.